The SMILES string of the molecule is Cc1nn(-c2ccccc2)c(C)c1CC(=O)NCc1ccc(C[NH+]2CCCC2)cc1. The van der Waals surface area contributed by atoms with Gasteiger partial charge in [0.15, 0.2) is 0 Å². The summed E-state index contributed by atoms with van der Waals surface area (Å²) in [4.78, 5) is 14.3. The van der Waals surface area contributed by atoms with Gasteiger partial charge in [-0.05, 0) is 31.5 Å². The number of aryl methyl sites for hydroxylation is 1. The first-order valence-electron chi connectivity index (χ1n) is 10.9. The molecule has 1 aliphatic rings. The van der Waals surface area contributed by atoms with Crippen LogP contribution < -0.4 is 10.2 Å². The molecule has 0 aliphatic carbocycles. The van der Waals surface area contributed by atoms with E-state index >= 15 is 0 Å². The summed E-state index contributed by atoms with van der Waals surface area (Å²) in [5.41, 5.74) is 6.45. The lowest BCUT2D eigenvalue weighted by atomic mass is 10.1. The maximum atomic E-state index is 12.6. The zero-order chi connectivity index (χ0) is 20.9. The molecular weight excluding hydrogens is 372 g/mol. The minimum atomic E-state index is 0.0272. The van der Waals surface area contributed by atoms with Crippen molar-refractivity contribution in [2.45, 2.75) is 46.2 Å². The van der Waals surface area contributed by atoms with Crippen LogP contribution in [0.5, 0.6) is 0 Å². The number of amides is 1. The van der Waals surface area contributed by atoms with Crippen LogP contribution in [0.1, 0.15) is 40.9 Å². The number of para-hydroxylation sites is 1. The number of benzene rings is 2. The summed E-state index contributed by atoms with van der Waals surface area (Å²) in [6.07, 6.45) is 3.05. The van der Waals surface area contributed by atoms with Gasteiger partial charge >= 0.3 is 0 Å². The van der Waals surface area contributed by atoms with Gasteiger partial charge in [0.1, 0.15) is 6.54 Å². The normalized spacial score (nSPS) is 14.2. The summed E-state index contributed by atoms with van der Waals surface area (Å²) >= 11 is 0. The molecule has 0 radical (unpaired) electrons. The van der Waals surface area contributed by atoms with Gasteiger partial charge in [-0.15, -0.1) is 0 Å². The van der Waals surface area contributed by atoms with E-state index in [1.807, 2.05) is 48.9 Å². The minimum absolute atomic E-state index is 0.0272. The molecule has 1 saturated heterocycles. The van der Waals surface area contributed by atoms with Crippen molar-refractivity contribution in [3.63, 3.8) is 0 Å². The van der Waals surface area contributed by atoms with Crippen LogP contribution in [-0.2, 0) is 24.3 Å². The molecule has 1 fully saturated rings. The van der Waals surface area contributed by atoms with Crippen molar-refractivity contribution in [3.05, 3.63) is 82.7 Å². The topological polar surface area (TPSA) is 51.4 Å². The number of nitrogens with one attached hydrogen (secondary N) is 2. The molecule has 5 heteroatoms. The third-order valence-corrected chi connectivity index (χ3v) is 6.06. The predicted octanol–water partition coefficient (Wildman–Crippen LogP) is 2.53. The minimum Gasteiger partial charge on any atom is -0.352 e. The van der Waals surface area contributed by atoms with E-state index in [4.69, 9.17) is 0 Å². The van der Waals surface area contributed by atoms with Crippen molar-refractivity contribution in [3.8, 4) is 5.69 Å². The Kier molecular flexibility index (Phi) is 6.29. The van der Waals surface area contributed by atoms with Gasteiger partial charge in [-0.25, -0.2) is 4.68 Å². The Hall–Kier alpha value is -2.92. The van der Waals surface area contributed by atoms with E-state index in [1.165, 1.54) is 31.5 Å². The average molecular weight is 404 g/mol. The molecule has 1 aromatic heterocycles. The monoisotopic (exact) mass is 403 g/mol. The van der Waals surface area contributed by atoms with Gasteiger partial charge in [-0.3, -0.25) is 4.79 Å². The lowest BCUT2D eigenvalue weighted by Gasteiger charge is -2.12. The van der Waals surface area contributed by atoms with Crippen LogP contribution >= 0.6 is 0 Å². The molecule has 0 saturated carbocycles. The van der Waals surface area contributed by atoms with Crippen molar-refractivity contribution in [2.24, 2.45) is 0 Å². The molecule has 1 aliphatic heterocycles. The molecule has 4 rings (SSSR count). The van der Waals surface area contributed by atoms with Crippen molar-refractivity contribution >= 4 is 5.91 Å². The van der Waals surface area contributed by atoms with Crippen LogP contribution in [0.4, 0.5) is 0 Å². The number of carbonyl (C=O) groups excluding carboxylic acids is 1. The van der Waals surface area contributed by atoms with Gasteiger partial charge in [0, 0.05) is 36.2 Å². The Morgan fingerprint density at radius 1 is 1.00 bits per heavy atom. The lowest BCUT2D eigenvalue weighted by Crippen LogP contribution is -3.08. The number of rotatable bonds is 7. The summed E-state index contributed by atoms with van der Waals surface area (Å²) in [5.74, 6) is 0.0272. The number of nitrogens with zero attached hydrogens (tertiary/aromatic N) is 2. The fourth-order valence-corrected chi connectivity index (χ4v) is 4.29. The highest BCUT2D eigenvalue weighted by Gasteiger charge is 2.17. The quantitative estimate of drug-likeness (QED) is 0.637. The van der Waals surface area contributed by atoms with Crippen LogP contribution in [0.3, 0.4) is 0 Å². The first-order valence-corrected chi connectivity index (χ1v) is 10.9. The van der Waals surface area contributed by atoms with E-state index in [0.717, 1.165) is 34.7 Å². The van der Waals surface area contributed by atoms with Crippen LogP contribution in [0.15, 0.2) is 54.6 Å². The molecular formula is C25H31N4O+. The molecule has 5 nitrogen and oxygen atoms in total. The van der Waals surface area contributed by atoms with Crippen molar-refractivity contribution in [1.82, 2.24) is 15.1 Å². The standard InChI is InChI=1S/C25H30N4O/c1-19-24(20(2)29(27-19)23-8-4-3-5-9-23)16-25(30)26-17-21-10-12-22(13-11-21)18-28-14-6-7-15-28/h3-5,8-13H,6-7,14-18H2,1-2H3,(H,26,30)/p+1. The summed E-state index contributed by atoms with van der Waals surface area (Å²) in [7, 11) is 0. The Morgan fingerprint density at radius 2 is 1.67 bits per heavy atom. The first-order chi connectivity index (χ1) is 14.6. The Bertz CT molecular complexity index is 986. The molecule has 2 N–H and O–H groups in total. The Balaban J connectivity index is 1.33. The number of aromatic nitrogens is 2. The van der Waals surface area contributed by atoms with E-state index in [0.29, 0.717) is 13.0 Å². The fraction of sp³-hybridized carbons (Fsp3) is 0.360. The molecule has 2 heterocycles. The molecule has 156 valence electrons. The molecule has 0 atom stereocenters. The summed E-state index contributed by atoms with van der Waals surface area (Å²) < 4.78 is 1.92. The third kappa shape index (κ3) is 4.79. The predicted molar refractivity (Wildman–Crippen MR) is 119 cm³/mol. The van der Waals surface area contributed by atoms with E-state index in [1.54, 1.807) is 4.90 Å². The molecule has 0 spiro atoms. The third-order valence-electron chi connectivity index (χ3n) is 6.06. The van der Waals surface area contributed by atoms with Crippen molar-refractivity contribution in [1.29, 1.82) is 0 Å². The number of hydrogen-bond acceptors (Lipinski definition) is 2. The van der Waals surface area contributed by atoms with E-state index in [2.05, 4.69) is 34.7 Å². The van der Waals surface area contributed by atoms with Crippen LogP contribution in [0.2, 0.25) is 0 Å². The Labute approximate surface area is 178 Å². The van der Waals surface area contributed by atoms with E-state index in [-0.39, 0.29) is 5.91 Å². The van der Waals surface area contributed by atoms with Crippen LogP contribution in [0, 0.1) is 13.8 Å². The van der Waals surface area contributed by atoms with Gasteiger partial charge in [0.2, 0.25) is 5.91 Å². The second-order valence-electron chi connectivity index (χ2n) is 8.30. The van der Waals surface area contributed by atoms with Gasteiger partial charge in [0.25, 0.3) is 0 Å². The molecule has 30 heavy (non-hydrogen) atoms. The largest absolute Gasteiger partial charge is 0.352 e. The second kappa shape index (κ2) is 9.26. The molecule has 3 aromatic rings. The summed E-state index contributed by atoms with van der Waals surface area (Å²) in [6.45, 7) is 8.24. The zero-order valence-electron chi connectivity index (χ0n) is 17.9. The highest BCUT2D eigenvalue weighted by atomic mass is 16.1. The molecule has 0 unspecified atom stereocenters. The number of quaternary nitrogens is 1. The first kappa shape index (κ1) is 20.4. The number of hydrogen-bond donors (Lipinski definition) is 2. The highest BCUT2D eigenvalue weighted by Crippen LogP contribution is 2.18. The lowest BCUT2D eigenvalue weighted by molar-refractivity contribution is -0.901. The maximum absolute atomic E-state index is 12.6. The van der Waals surface area contributed by atoms with Crippen LogP contribution in [-0.4, -0.2) is 28.8 Å². The number of carbonyl (C=O) groups is 1. The van der Waals surface area contributed by atoms with Gasteiger partial charge in [-0.1, -0.05) is 42.5 Å². The van der Waals surface area contributed by atoms with E-state index in [9.17, 15) is 4.79 Å². The smallest absolute Gasteiger partial charge is 0.224 e. The summed E-state index contributed by atoms with van der Waals surface area (Å²) in [5, 5.41) is 7.70. The molecule has 2 aromatic carbocycles. The van der Waals surface area contributed by atoms with E-state index < -0.39 is 0 Å². The Morgan fingerprint density at radius 3 is 2.37 bits per heavy atom. The summed E-state index contributed by atoms with van der Waals surface area (Å²) in [6, 6.07) is 18.7. The van der Waals surface area contributed by atoms with Gasteiger partial charge < -0.3 is 10.2 Å². The average Bonchev–Trinajstić information content (AvgIpc) is 3.37. The highest BCUT2D eigenvalue weighted by molar-refractivity contribution is 5.79. The van der Waals surface area contributed by atoms with Crippen molar-refractivity contribution in [2.75, 3.05) is 13.1 Å². The van der Waals surface area contributed by atoms with Gasteiger partial charge in [-0.2, -0.15) is 5.10 Å². The number of likely N-dealkylation sites (tertiary alicyclic amines) is 1. The zero-order valence-corrected chi connectivity index (χ0v) is 17.9. The van der Waals surface area contributed by atoms with Gasteiger partial charge in [0.05, 0.1) is 30.9 Å². The molecule has 0 bridgehead atoms. The maximum Gasteiger partial charge on any atom is 0.224 e. The molecule has 1 amide bonds. The van der Waals surface area contributed by atoms with Crippen molar-refractivity contribution < 1.29 is 9.69 Å². The second-order valence-corrected chi connectivity index (χ2v) is 8.30. The van der Waals surface area contributed by atoms with Crippen LogP contribution in [0.25, 0.3) is 5.69 Å². The fourth-order valence-electron chi connectivity index (χ4n) is 4.29.